The van der Waals surface area contributed by atoms with Crippen LogP contribution in [0, 0.1) is 5.21 Å². The van der Waals surface area contributed by atoms with Gasteiger partial charge in [0.2, 0.25) is 17.2 Å². The molecule has 0 bridgehead atoms. The van der Waals surface area contributed by atoms with Crippen molar-refractivity contribution in [2.45, 2.75) is 0 Å². The molecule has 4 aromatic carbocycles. The summed E-state index contributed by atoms with van der Waals surface area (Å²) in [7, 11) is 0. The zero-order valence-electron chi connectivity index (χ0n) is 17.0. The first kappa shape index (κ1) is 19.8. The normalized spacial score (nSPS) is 16.8. The largest absolute Gasteiger partial charge is 0.616 e. The van der Waals surface area contributed by atoms with Crippen molar-refractivity contribution in [1.82, 2.24) is 4.65 Å². The molecule has 0 fully saturated rings. The van der Waals surface area contributed by atoms with E-state index >= 15 is 0 Å². The number of nitrogens with zero attached hydrogens (tertiary/aromatic N) is 1. The number of hydrogen-bond acceptors (Lipinski definition) is 6. The second-order valence-electron chi connectivity index (χ2n) is 7.49. The summed E-state index contributed by atoms with van der Waals surface area (Å²) in [5.74, 6) is 5.25. The van der Waals surface area contributed by atoms with E-state index in [-0.39, 0.29) is 34.2 Å². The molecule has 0 spiro atoms. The number of ketones is 1. The van der Waals surface area contributed by atoms with Gasteiger partial charge in [-0.15, -0.1) is 0 Å². The number of rotatable bonds is 4. The molecule has 0 radical (unpaired) electrons. The highest BCUT2D eigenvalue weighted by Crippen LogP contribution is 2.55. The molecule has 32 heavy (non-hydrogen) atoms. The Balaban J connectivity index is 1.69. The molecular formula is C25H20N4O3. The topological polar surface area (TPSA) is 113 Å². The SMILES string of the molecule is NOc1ccc(N)c2c1[N+]([O-])(c1ccc(Nc3ccccc3)cc1)c1ccccc1C2=O. The summed E-state index contributed by atoms with van der Waals surface area (Å²) in [6, 6.07) is 26.5. The van der Waals surface area contributed by atoms with Gasteiger partial charge in [-0.05, 0) is 42.5 Å². The van der Waals surface area contributed by atoms with Crippen molar-refractivity contribution < 1.29 is 9.63 Å². The van der Waals surface area contributed by atoms with Crippen molar-refractivity contribution in [2.75, 3.05) is 11.1 Å². The van der Waals surface area contributed by atoms with Gasteiger partial charge in [0, 0.05) is 35.3 Å². The van der Waals surface area contributed by atoms with Crippen LogP contribution in [-0.4, -0.2) is 5.78 Å². The Kier molecular flexibility index (Phi) is 4.64. The molecule has 0 aromatic heterocycles. The number of nitrogen functional groups attached to an aromatic ring is 1. The van der Waals surface area contributed by atoms with E-state index in [1.165, 1.54) is 12.1 Å². The quantitative estimate of drug-likeness (QED) is 0.178. The van der Waals surface area contributed by atoms with Crippen LogP contribution >= 0.6 is 0 Å². The fraction of sp³-hybridized carbons (Fsp3) is 0. The average Bonchev–Trinajstić information content (AvgIpc) is 2.83. The van der Waals surface area contributed by atoms with Gasteiger partial charge < -0.3 is 21.1 Å². The zero-order chi connectivity index (χ0) is 22.3. The minimum absolute atomic E-state index is 0.0694. The van der Waals surface area contributed by atoms with Crippen molar-refractivity contribution in [2.24, 2.45) is 5.90 Å². The lowest BCUT2D eigenvalue weighted by molar-refractivity contribution is 0.103. The minimum Gasteiger partial charge on any atom is -0.616 e. The van der Waals surface area contributed by atoms with Crippen molar-refractivity contribution in [3.8, 4) is 5.75 Å². The number of fused-ring (bicyclic) bond motifs is 2. The number of quaternary nitrogens is 1. The monoisotopic (exact) mass is 424 g/mol. The van der Waals surface area contributed by atoms with E-state index in [0.29, 0.717) is 11.3 Å². The molecule has 4 aromatic rings. The molecule has 1 unspecified atom stereocenters. The van der Waals surface area contributed by atoms with E-state index in [1.54, 1.807) is 36.4 Å². The van der Waals surface area contributed by atoms with Gasteiger partial charge in [-0.25, -0.2) is 0 Å². The van der Waals surface area contributed by atoms with Gasteiger partial charge in [0.1, 0.15) is 11.3 Å². The molecule has 1 atom stereocenters. The molecule has 5 N–H and O–H groups in total. The fourth-order valence-corrected chi connectivity index (χ4v) is 4.14. The first-order valence-electron chi connectivity index (χ1n) is 10.0. The smallest absolute Gasteiger partial charge is 0.209 e. The molecule has 5 rings (SSSR count). The number of carbonyl (C=O) groups excluding carboxylic acids is 1. The molecule has 7 nitrogen and oxygen atoms in total. The standard InChI is InChI=1S/C25H20N4O3/c26-20-14-15-22(32-27)24-23(20)25(30)19-8-4-5-9-21(19)29(24,31)18-12-10-17(11-13-18)28-16-6-2-1-3-7-16/h1-15,28H,26-27H2. The van der Waals surface area contributed by atoms with E-state index < -0.39 is 4.65 Å². The number of carbonyl (C=O) groups is 1. The van der Waals surface area contributed by atoms with Crippen LogP contribution in [0.15, 0.2) is 91.0 Å². The number of anilines is 3. The van der Waals surface area contributed by atoms with Crippen LogP contribution in [0.2, 0.25) is 0 Å². The van der Waals surface area contributed by atoms with Gasteiger partial charge in [0.15, 0.2) is 5.69 Å². The minimum atomic E-state index is -1.06. The van der Waals surface area contributed by atoms with Gasteiger partial charge in [-0.1, -0.05) is 30.3 Å². The summed E-state index contributed by atoms with van der Waals surface area (Å²) in [4.78, 5) is 18.3. The first-order chi connectivity index (χ1) is 15.5. The van der Waals surface area contributed by atoms with Crippen molar-refractivity contribution in [1.29, 1.82) is 0 Å². The summed E-state index contributed by atoms with van der Waals surface area (Å²) in [5.41, 5.74) is 9.21. The Morgan fingerprint density at radius 1 is 0.812 bits per heavy atom. The molecule has 7 heteroatoms. The number of hydrogen-bond donors (Lipinski definition) is 3. The predicted octanol–water partition coefficient (Wildman–Crippen LogP) is 5.28. The summed E-state index contributed by atoms with van der Waals surface area (Å²) in [6.07, 6.45) is 0. The van der Waals surface area contributed by atoms with Crippen LogP contribution < -0.4 is 26.4 Å². The molecule has 158 valence electrons. The molecule has 1 aliphatic heterocycles. The number of nitrogens with two attached hydrogens (primary N) is 2. The third-order valence-electron chi connectivity index (χ3n) is 5.62. The maximum atomic E-state index is 14.7. The molecule has 0 aliphatic carbocycles. The van der Waals surface area contributed by atoms with Gasteiger partial charge in [-0.3, -0.25) is 9.44 Å². The average molecular weight is 424 g/mol. The van der Waals surface area contributed by atoms with E-state index in [4.69, 9.17) is 16.5 Å². The molecule has 0 saturated heterocycles. The zero-order valence-corrected chi connectivity index (χ0v) is 17.0. The van der Waals surface area contributed by atoms with Crippen LogP contribution in [-0.2, 0) is 0 Å². The maximum absolute atomic E-state index is 14.7. The van der Waals surface area contributed by atoms with E-state index in [0.717, 1.165) is 11.4 Å². The second kappa shape index (κ2) is 7.51. The third-order valence-corrected chi connectivity index (χ3v) is 5.62. The highest BCUT2D eigenvalue weighted by atomic mass is 16.6. The lowest BCUT2D eigenvalue weighted by Crippen LogP contribution is -2.39. The van der Waals surface area contributed by atoms with E-state index in [2.05, 4.69) is 5.32 Å². The molecular weight excluding hydrogens is 404 g/mol. The Morgan fingerprint density at radius 3 is 2.19 bits per heavy atom. The first-order valence-corrected chi connectivity index (χ1v) is 10.0. The fourth-order valence-electron chi connectivity index (χ4n) is 4.14. The summed E-state index contributed by atoms with van der Waals surface area (Å²) in [5, 5.41) is 18.0. The van der Waals surface area contributed by atoms with Gasteiger partial charge in [-0.2, -0.15) is 5.90 Å². The predicted molar refractivity (Wildman–Crippen MR) is 126 cm³/mol. The second-order valence-corrected chi connectivity index (χ2v) is 7.49. The van der Waals surface area contributed by atoms with Crippen LogP contribution in [0.4, 0.5) is 34.1 Å². The Hall–Kier alpha value is -4.17. The highest BCUT2D eigenvalue weighted by molar-refractivity contribution is 6.22. The van der Waals surface area contributed by atoms with Crippen molar-refractivity contribution >= 4 is 39.9 Å². The van der Waals surface area contributed by atoms with E-state index in [1.807, 2.05) is 42.5 Å². The molecule has 1 heterocycles. The lowest BCUT2D eigenvalue weighted by atomic mass is 9.91. The molecule has 1 aliphatic rings. The van der Waals surface area contributed by atoms with Gasteiger partial charge >= 0.3 is 0 Å². The van der Waals surface area contributed by atoms with Crippen molar-refractivity contribution in [3.05, 3.63) is 107 Å². The maximum Gasteiger partial charge on any atom is 0.209 e. The van der Waals surface area contributed by atoms with E-state index in [9.17, 15) is 10.0 Å². The molecule has 0 amide bonds. The van der Waals surface area contributed by atoms with Crippen LogP contribution in [0.3, 0.4) is 0 Å². The Labute approximate surface area is 184 Å². The number of benzene rings is 4. The molecule has 0 saturated carbocycles. The third kappa shape index (κ3) is 2.92. The summed E-state index contributed by atoms with van der Waals surface area (Å²) >= 11 is 0. The van der Waals surface area contributed by atoms with Crippen LogP contribution in [0.1, 0.15) is 15.9 Å². The summed E-state index contributed by atoms with van der Waals surface area (Å²) < 4.78 is -1.06. The summed E-state index contributed by atoms with van der Waals surface area (Å²) in [6.45, 7) is 0. The number of nitrogens with one attached hydrogen (secondary N) is 1. The van der Waals surface area contributed by atoms with Gasteiger partial charge in [0.05, 0.1) is 5.56 Å². The highest BCUT2D eigenvalue weighted by Gasteiger charge is 2.44. The number of para-hydroxylation sites is 2. The lowest BCUT2D eigenvalue weighted by Gasteiger charge is -2.45. The van der Waals surface area contributed by atoms with Crippen molar-refractivity contribution in [3.63, 3.8) is 0 Å². The van der Waals surface area contributed by atoms with Gasteiger partial charge in [0.25, 0.3) is 0 Å². The van der Waals surface area contributed by atoms with Crippen LogP contribution in [0.5, 0.6) is 5.75 Å². The Morgan fingerprint density at radius 2 is 1.47 bits per heavy atom. The van der Waals surface area contributed by atoms with Crippen LogP contribution in [0.25, 0.3) is 0 Å². The Bertz CT molecular complexity index is 1320.